The van der Waals surface area contributed by atoms with E-state index in [-0.39, 0.29) is 15.6 Å². The molecular formula is C12H10ClN3O3S. The number of aromatic nitrogens is 1. The van der Waals surface area contributed by atoms with Crippen molar-refractivity contribution in [1.29, 1.82) is 0 Å². The second-order valence-electron chi connectivity index (χ2n) is 3.86. The molecule has 6 nitrogen and oxygen atoms in total. The van der Waals surface area contributed by atoms with Gasteiger partial charge in [0.15, 0.2) is 0 Å². The summed E-state index contributed by atoms with van der Waals surface area (Å²) in [5, 5.41) is 7.48. The maximum atomic E-state index is 11.8. The van der Waals surface area contributed by atoms with Crippen molar-refractivity contribution in [2.24, 2.45) is 5.14 Å². The highest BCUT2D eigenvalue weighted by Crippen LogP contribution is 2.24. The van der Waals surface area contributed by atoms with Crippen molar-refractivity contribution < 1.29 is 13.2 Å². The molecule has 0 saturated heterocycles. The molecule has 20 heavy (non-hydrogen) atoms. The normalized spacial score (nSPS) is 11.1. The molecular weight excluding hydrogens is 302 g/mol. The second-order valence-corrected chi connectivity index (χ2v) is 5.80. The third kappa shape index (κ3) is 3.32. The molecule has 1 amide bonds. The monoisotopic (exact) mass is 311 g/mol. The fourth-order valence-corrected chi connectivity index (χ4v) is 2.59. The number of amides is 1. The topological polar surface area (TPSA) is 102 Å². The average Bonchev–Trinajstić information content (AvgIpc) is 2.38. The Morgan fingerprint density at radius 2 is 2.00 bits per heavy atom. The average molecular weight is 312 g/mol. The summed E-state index contributed by atoms with van der Waals surface area (Å²) in [7, 11) is -3.89. The number of sulfonamides is 1. The van der Waals surface area contributed by atoms with Gasteiger partial charge >= 0.3 is 0 Å². The molecule has 0 unspecified atom stereocenters. The Hall–Kier alpha value is -1.96. The van der Waals surface area contributed by atoms with E-state index >= 15 is 0 Å². The zero-order valence-electron chi connectivity index (χ0n) is 10.1. The standard InChI is InChI=1S/C12H10ClN3O3S/c13-9-7-8(4-5-11(9)20(14,18)19)16-12(17)10-3-1-2-6-15-10/h1-7H,(H,16,17)(H2,14,18,19). The van der Waals surface area contributed by atoms with Crippen molar-refractivity contribution in [2.45, 2.75) is 4.90 Å². The molecule has 1 heterocycles. The quantitative estimate of drug-likeness (QED) is 0.899. The van der Waals surface area contributed by atoms with Crippen molar-refractivity contribution in [3.05, 3.63) is 53.3 Å². The van der Waals surface area contributed by atoms with Gasteiger partial charge < -0.3 is 5.32 Å². The van der Waals surface area contributed by atoms with Crippen molar-refractivity contribution in [2.75, 3.05) is 5.32 Å². The Labute approximate surface area is 120 Å². The molecule has 2 rings (SSSR count). The van der Waals surface area contributed by atoms with Crippen LogP contribution >= 0.6 is 11.6 Å². The zero-order valence-corrected chi connectivity index (χ0v) is 11.6. The highest BCUT2D eigenvalue weighted by molar-refractivity contribution is 7.89. The largest absolute Gasteiger partial charge is 0.321 e. The van der Waals surface area contributed by atoms with Gasteiger partial charge in [0.25, 0.3) is 5.91 Å². The lowest BCUT2D eigenvalue weighted by molar-refractivity contribution is 0.102. The van der Waals surface area contributed by atoms with Crippen LogP contribution in [-0.4, -0.2) is 19.3 Å². The number of nitrogens with zero attached hydrogens (tertiary/aromatic N) is 1. The van der Waals surface area contributed by atoms with Crippen LogP contribution in [0.4, 0.5) is 5.69 Å². The van der Waals surface area contributed by atoms with E-state index in [1.165, 1.54) is 24.4 Å². The van der Waals surface area contributed by atoms with E-state index in [0.717, 1.165) is 0 Å². The molecule has 0 aliphatic heterocycles. The Morgan fingerprint density at radius 3 is 2.55 bits per heavy atom. The summed E-state index contributed by atoms with van der Waals surface area (Å²) in [4.78, 5) is 15.5. The van der Waals surface area contributed by atoms with E-state index in [1.807, 2.05) is 0 Å². The van der Waals surface area contributed by atoms with Gasteiger partial charge in [-0.25, -0.2) is 13.6 Å². The van der Waals surface area contributed by atoms with Crippen LogP contribution in [0.25, 0.3) is 0 Å². The van der Waals surface area contributed by atoms with Crippen LogP contribution in [0, 0.1) is 0 Å². The van der Waals surface area contributed by atoms with Crippen LogP contribution < -0.4 is 10.5 Å². The first kappa shape index (κ1) is 14.4. The molecule has 2 aromatic rings. The number of carbonyl (C=O) groups is 1. The van der Waals surface area contributed by atoms with E-state index in [1.54, 1.807) is 18.2 Å². The predicted molar refractivity (Wildman–Crippen MR) is 75.0 cm³/mol. The van der Waals surface area contributed by atoms with E-state index in [9.17, 15) is 13.2 Å². The van der Waals surface area contributed by atoms with Gasteiger partial charge in [0, 0.05) is 11.9 Å². The van der Waals surface area contributed by atoms with Crippen molar-refractivity contribution in [3.63, 3.8) is 0 Å². The van der Waals surface area contributed by atoms with E-state index in [2.05, 4.69) is 10.3 Å². The summed E-state index contributed by atoms with van der Waals surface area (Å²) < 4.78 is 22.4. The number of nitrogens with one attached hydrogen (secondary N) is 1. The van der Waals surface area contributed by atoms with Gasteiger partial charge in [-0.15, -0.1) is 0 Å². The predicted octanol–water partition coefficient (Wildman–Crippen LogP) is 1.63. The number of anilines is 1. The SMILES string of the molecule is NS(=O)(=O)c1ccc(NC(=O)c2ccccn2)cc1Cl. The maximum absolute atomic E-state index is 11.8. The number of benzene rings is 1. The van der Waals surface area contributed by atoms with Gasteiger partial charge in [0.1, 0.15) is 10.6 Å². The first-order valence-corrected chi connectivity index (χ1v) is 7.35. The maximum Gasteiger partial charge on any atom is 0.274 e. The smallest absolute Gasteiger partial charge is 0.274 e. The number of pyridine rings is 1. The van der Waals surface area contributed by atoms with E-state index in [4.69, 9.17) is 16.7 Å². The minimum absolute atomic E-state index is 0.0636. The number of hydrogen-bond donors (Lipinski definition) is 2. The molecule has 0 aliphatic carbocycles. The molecule has 0 bridgehead atoms. The molecule has 0 radical (unpaired) electrons. The minimum atomic E-state index is -3.89. The van der Waals surface area contributed by atoms with E-state index in [0.29, 0.717) is 5.69 Å². The number of hydrogen-bond acceptors (Lipinski definition) is 4. The second kappa shape index (κ2) is 5.58. The van der Waals surface area contributed by atoms with Gasteiger partial charge in [0.2, 0.25) is 10.0 Å². The van der Waals surface area contributed by atoms with Gasteiger partial charge in [-0.2, -0.15) is 0 Å². The summed E-state index contributed by atoms with van der Waals surface area (Å²) in [6.07, 6.45) is 1.49. The summed E-state index contributed by atoms with van der Waals surface area (Å²) in [6.45, 7) is 0. The van der Waals surface area contributed by atoms with Gasteiger partial charge in [-0.1, -0.05) is 17.7 Å². The third-order valence-electron chi connectivity index (χ3n) is 2.39. The third-order valence-corrected chi connectivity index (χ3v) is 3.79. The van der Waals surface area contributed by atoms with Crippen LogP contribution in [0.3, 0.4) is 0 Å². The zero-order chi connectivity index (χ0) is 14.8. The Morgan fingerprint density at radius 1 is 1.25 bits per heavy atom. The Balaban J connectivity index is 2.24. The van der Waals surface area contributed by atoms with Gasteiger partial charge in [-0.3, -0.25) is 9.78 Å². The first-order chi connectivity index (χ1) is 9.38. The minimum Gasteiger partial charge on any atom is -0.321 e. The molecule has 1 aromatic carbocycles. The summed E-state index contributed by atoms with van der Waals surface area (Å²) >= 11 is 5.82. The molecule has 104 valence electrons. The number of rotatable bonds is 3. The molecule has 0 spiro atoms. The molecule has 8 heteroatoms. The van der Waals surface area contributed by atoms with Crippen LogP contribution in [0.2, 0.25) is 5.02 Å². The molecule has 0 fully saturated rings. The lowest BCUT2D eigenvalue weighted by Crippen LogP contribution is -2.15. The van der Waals surface area contributed by atoms with Gasteiger partial charge in [-0.05, 0) is 30.3 Å². The molecule has 1 aromatic heterocycles. The summed E-state index contributed by atoms with van der Waals surface area (Å²) in [5.74, 6) is -0.426. The molecule has 0 saturated carbocycles. The highest BCUT2D eigenvalue weighted by atomic mass is 35.5. The number of nitrogens with two attached hydrogens (primary N) is 1. The summed E-state index contributed by atoms with van der Waals surface area (Å²) in [6, 6.07) is 8.85. The molecule has 0 atom stereocenters. The van der Waals surface area contributed by atoms with Crippen LogP contribution in [0.1, 0.15) is 10.5 Å². The molecule has 3 N–H and O–H groups in total. The molecule has 0 aliphatic rings. The summed E-state index contributed by atoms with van der Waals surface area (Å²) in [5.41, 5.74) is 0.581. The van der Waals surface area contributed by atoms with E-state index < -0.39 is 15.9 Å². The Kier molecular flexibility index (Phi) is 4.03. The van der Waals surface area contributed by atoms with Crippen molar-refractivity contribution in [1.82, 2.24) is 4.98 Å². The lowest BCUT2D eigenvalue weighted by Gasteiger charge is -2.07. The fourth-order valence-electron chi connectivity index (χ4n) is 1.50. The van der Waals surface area contributed by atoms with Crippen LogP contribution in [0.5, 0.6) is 0 Å². The Bertz CT molecular complexity index is 748. The number of carbonyl (C=O) groups excluding carboxylic acids is 1. The van der Waals surface area contributed by atoms with Crippen LogP contribution in [0.15, 0.2) is 47.5 Å². The van der Waals surface area contributed by atoms with Crippen molar-refractivity contribution >= 4 is 33.2 Å². The van der Waals surface area contributed by atoms with Crippen molar-refractivity contribution in [3.8, 4) is 0 Å². The number of halogens is 1. The number of primary sulfonamides is 1. The first-order valence-electron chi connectivity index (χ1n) is 5.42. The van der Waals surface area contributed by atoms with Gasteiger partial charge in [0.05, 0.1) is 5.02 Å². The lowest BCUT2D eigenvalue weighted by atomic mass is 10.3. The highest BCUT2D eigenvalue weighted by Gasteiger charge is 2.14. The fraction of sp³-hybridized carbons (Fsp3) is 0. The van der Waals surface area contributed by atoms with Crippen LogP contribution in [-0.2, 0) is 10.0 Å².